The molecule has 0 saturated carbocycles. The van der Waals surface area contributed by atoms with Crippen LogP contribution in [-0.4, -0.2) is 48.9 Å². The van der Waals surface area contributed by atoms with Crippen LogP contribution in [0.1, 0.15) is 30.3 Å². The average molecular weight is 336 g/mol. The fourth-order valence-corrected chi connectivity index (χ4v) is 3.30. The topological polar surface area (TPSA) is 76.8 Å². The number of carbonyl (C=O) groups is 1. The highest BCUT2D eigenvalue weighted by molar-refractivity contribution is 5.77. The van der Waals surface area contributed by atoms with E-state index in [1.807, 2.05) is 42.2 Å². The van der Waals surface area contributed by atoms with E-state index in [9.17, 15) is 4.79 Å². The van der Waals surface area contributed by atoms with Crippen molar-refractivity contribution in [3.8, 4) is 0 Å². The summed E-state index contributed by atoms with van der Waals surface area (Å²) in [7, 11) is 0. The van der Waals surface area contributed by atoms with Crippen LogP contribution in [0.15, 0.2) is 36.5 Å². The maximum Gasteiger partial charge on any atom is 0.224 e. The maximum absolute atomic E-state index is 12.5. The zero-order valence-electron chi connectivity index (χ0n) is 14.2. The summed E-state index contributed by atoms with van der Waals surface area (Å²) in [6.45, 7) is 3.96. The van der Waals surface area contributed by atoms with Crippen molar-refractivity contribution >= 4 is 16.9 Å². The minimum atomic E-state index is 0.148. The van der Waals surface area contributed by atoms with Crippen molar-refractivity contribution in [1.29, 1.82) is 0 Å². The molecule has 0 radical (unpaired) electrons. The number of hydrogen-bond acceptors (Lipinski definition) is 5. The van der Waals surface area contributed by atoms with Crippen molar-refractivity contribution in [2.24, 2.45) is 0 Å². The van der Waals surface area contributed by atoms with Gasteiger partial charge in [-0.3, -0.25) is 4.79 Å². The normalized spacial score (nSPS) is 17.3. The third-order valence-electron chi connectivity index (χ3n) is 4.68. The molecule has 1 amide bonds. The lowest BCUT2D eigenvalue weighted by Crippen LogP contribution is -2.29. The average Bonchev–Trinajstić information content (AvgIpc) is 3.27. The molecular formula is C18H20N6O. The van der Waals surface area contributed by atoms with Crippen molar-refractivity contribution in [2.75, 3.05) is 13.1 Å². The van der Waals surface area contributed by atoms with Gasteiger partial charge in [0, 0.05) is 37.3 Å². The second-order valence-corrected chi connectivity index (χ2v) is 6.43. The van der Waals surface area contributed by atoms with E-state index in [0.29, 0.717) is 19.5 Å². The fourth-order valence-electron chi connectivity index (χ4n) is 3.30. The molecule has 0 unspecified atom stereocenters. The summed E-state index contributed by atoms with van der Waals surface area (Å²) in [6, 6.07) is 9.68. The molecule has 1 aromatic carbocycles. The molecule has 3 aromatic rings. The Morgan fingerprint density at radius 1 is 1.28 bits per heavy atom. The largest absolute Gasteiger partial charge is 0.342 e. The van der Waals surface area contributed by atoms with Gasteiger partial charge >= 0.3 is 0 Å². The van der Waals surface area contributed by atoms with Gasteiger partial charge in [0.2, 0.25) is 5.91 Å². The number of benzene rings is 1. The van der Waals surface area contributed by atoms with E-state index in [4.69, 9.17) is 0 Å². The third-order valence-corrected chi connectivity index (χ3v) is 4.68. The van der Waals surface area contributed by atoms with Crippen LogP contribution in [0.4, 0.5) is 0 Å². The molecule has 25 heavy (non-hydrogen) atoms. The van der Waals surface area contributed by atoms with Gasteiger partial charge in [0.1, 0.15) is 11.3 Å². The van der Waals surface area contributed by atoms with Gasteiger partial charge < -0.3 is 4.90 Å². The van der Waals surface area contributed by atoms with Gasteiger partial charge in [-0.05, 0) is 31.5 Å². The lowest BCUT2D eigenvalue weighted by molar-refractivity contribution is -0.130. The van der Waals surface area contributed by atoms with E-state index >= 15 is 0 Å². The molecule has 1 atom stereocenters. The molecule has 7 heteroatoms. The first-order chi connectivity index (χ1) is 12.2. The molecule has 3 heterocycles. The Labute approximate surface area is 145 Å². The van der Waals surface area contributed by atoms with Crippen molar-refractivity contribution in [1.82, 2.24) is 29.9 Å². The number of para-hydroxylation sites is 1. The van der Waals surface area contributed by atoms with Crippen molar-refractivity contribution < 1.29 is 4.79 Å². The van der Waals surface area contributed by atoms with Crippen LogP contribution in [0.2, 0.25) is 0 Å². The number of rotatable bonds is 4. The van der Waals surface area contributed by atoms with E-state index in [1.54, 1.807) is 10.9 Å². The Hall–Kier alpha value is -2.83. The Kier molecular flexibility index (Phi) is 4.13. The number of fused-ring (bicyclic) bond motifs is 1. The monoisotopic (exact) mass is 336 g/mol. The highest BCUT2D eigenvalue weighted by Crippen LogP contribution is 2.25. The Morgan fingerprint density at radius 2 is 2.16 bits per heavy atom. The lowest BCUT2D eigenvalue weighted by atomic mass is 10.1. The molecule has 1 fully saturated rings. The number of aromatic nitrogens is 5. The molecule has 4 rings (SSSR count). The molecule has 1 saturated heterocycles. The summed E-state index contributed by atoms with van der Waals surface area (Å²) >= 11 is 0. The van der Waals surface area contributed by atoms with Crippen molar-refractivity contribution in [3.05, 3.63) is 48.0 Å². The van der Waals surface area contributed by atoms with Gasteiger partial charge in [0.15, 0.2) is 0 Å². The molecule has 0 N–H and O–H groups in total. The van der Waals surface area contributed by atoms with Crippen LogP contribution >= 0.6 is 0 Å². The Balaban J connectivity index is 1.37. The van der Waals surface area contributed by atoms with Crippen LogP contribution < -0.4 is 0 Å². The van der Waals surface area contributed by atoms with Crippen LogP contribution in [0.25, 0.3) is 11.0 Å². The van der Waals surface area contributed by atoms with Crippen molar-refractivity contribution in [3.63, 3.8) is 0 Å². The number of hydrogen-bond donors (Lipinski definition) is 0. The van der Waals surface area contributed by atoms with E-state index in [-0.39, 0.29) is 11.8 Å². The summed E-state index contributed by atoms with van der Waals surface area (Å²) in [5.74, 6) is 1.23. The van der Waals surface area contributed by atoms with Gasteiger partial charge in [0.25, 0.3) is 0 Å². The zero-order chi connectivity index (χ0) is 17.2. The maximum atomic E-state index is 12.5. The Bertz CT molecular complexity index is 905. The SMILES string of the molecule is Cc1ccnc([C@H]2CCN(C(=O)CCn3nnc4ccccc43)C2)n1. The summed E-state index contributed by atoms with van der Waals surface area (Å²) in [4.78, 5) is 23.3. The van der Waals surface area contributed by atoms with Gasteiger partial charge in [-0.1, -0.05) is 17.3 Å². The summed E-state index contributed by atoms with van der Waals surface area (Å²) < 4.78 is 1.80. The molecular weight excluding hydrogens is 316 g/mol. The fraction of sp³-hybridized carbons (Fsp3) is 0.389. The van der Waals surface area contributed by atoms with E-state index in [0.717, 1.165) is 35.5 Å². The highest BCUT2D eigenvalue weighted by atomic mass is 16.2. The van der Waals surface area contributed by atoms with Gasteiger partial charge in [0.05, 0.1) is 12.1 Å². The van der Waals surface area contributed by atoms with Crippen LogP contribution in [0, 0.1) is 6.92 Å². The van der Waals surface area contributed by atoms with E-state index < -0.39 is 0 Å². The standard InChI is InChI=1S/C18H20N6O/c1-13-6-9-19-18(20-13)14-7-10-23(12-14)17(25)8-11-24-16-5-3-2-4-15(16)21-22-24/h2-6,9,14H,7-8,10-12H2,1H3/t14-/m0/s1. The van der Waals surface area contributed by atoms with E-state index in [2.05, 4.69) is 20.3 Å². The van der Waals surface area contributed by atoms with Crippen molar-refractivity contribution in [2.45, 2.75) is 32.2 Å². The number of nitrogens with zero attached hydrogens (tertiary/aromatic N) is 6. The van der Waals surface area contributed by atoms with Crippen LogP contribution in [0.5, 0.6) is 0 Å². The molecule has 0 aliphatic carbocycles. The summed E-state index contributed by atoms with van der Waals surface area (Å²) in [5.41, 5.74) is 2.78. The second-order valence-electron chi connectivity index (χ2n) is 6.43. The number of aryl methyl sites for hydroxylation is 2. The molecule has 1 aliphatic rings. The lowest BCUT2D eigenvalue weighted by Gasteiger charge is -2.16. The minimum Gasteiger partial charge on any atom is -0.342 e. The van der Waals surface area contributed by atoms with Gasteiger partial charge in [-0.25, -0.2) is 14.6 Å². The molecule has 7 nitrogen and oxygen atoms in total. The first-order valence-electron chi connectivity index (χ1n) is 8.56. The number of carbonyl (C=O) groups excluding carboxylic acids is 1. The smallest absolute Gasteiger partial charge is 0.224 e. The van der Waals surface area contributed by atoms with Crippen LogP contribution in [-0.2, 0) is 11.3 Å². The first kappa shape index (κ1) is 15.7. The minimum absolute atomic E-state index is 0.148. The van der Waals surface area contributed by atoms with Gasteiger partial charge in [-0.2, -0.15) is 0 Å². The summed E-state index contributed by atoms with van der Waals surface area (Å²) in [5, 5.41) is 8.27. The first-order valence-corrected chi connectivity index (χ1v) is 8.56. The number of likely N-dealkylation sites (tertiary alicyclic amines) is 1. The highest BCUT2D eigenvalue weighted by Gasteiger charge is 2.28. The predicted molar refractivity (Wildman–Crippen MR) is 92.9 cm³/mol. The third kappa shape index (κ3) is 3.22. The zero-order valence-corrected chi connectivity index (χ0v) is 14.2. The summed E-state index contributed by atoms with van der Waals surface area (Å²) in [6.07, 6.45) is 3.13. The molecule has 128 valence electrons. The number of amides is 1. The van der Waals surface area contributed by atoms with Crippen LogP contribution in [0.3, 0.4) is 0 Å². The molecule has 2 aromatic heterocycles. The quantitative estimate of drug-likeness (QED) is 0.728. The van der Waals surface area contributed by atoms with E-state index in [1.165, 1.54) is 0 Å². The molecule has 0 spiro atoms. The molecule has 0 bridgehead atoms. The predicted octanol–water partition coefficient (Wildman–Crippen LogP) is 1.94. The molecule has 1 aliphatic heterocycles. The Morgan fingerprint density at radius 3 is 3.04 bits per heavy atom. The van der Waals surface area contributed by atoms with Gasteiger partial charge in [-0.15, -0.1) is 5.10 Å². The second kappa shape index (κ2) is 6.58.